The Kier molecular flexibility index (Phi) is 4.21. The maximum Gasteiger partial charge on any atom is 0.450 e. The van der Waals surface area contributed by atoms with Gasteiger partial charge in [-0.3, -0.25) is 4.72 Å². The van der Waals surface area contributed by atoms with Crippen LogP contribution in [0.2, 0.25) is 0 Å². The van der Waals surface area contributed by atoms with Crippen molar-refractivity contribution in [1.82, 2.24) is 9.78 Å². The molecule has 1 N–H and O–H groups in total. The molecular formula is C16H13FN5O2S+. The van der Waals surface area contributed by atoms with Crippen molar-refractivity contribution >= 4 is 21.5 Å². The molecule has 9 heteroatoms. The van der Waals surface area contributed by atoms with Crippen LogP contribution in [0.5, 0.6) is 0 Å². The molecule has 7 nitrogen and oxygen atoms in total. The average Bonchev–Trinajstić information content (AvgIpc) is 2.90. The SMILES string of the molecule is Cc1nn(-c2cccc(F)c2)c(NS(=O)(=O)c2ccccc2)c1[N+]#N. The molecule has 1 aromatic heterocycles. The summed E-state index contributed by atoms with van der Waals surface area (Å²) in [5.74, 6) is -0.598. The molecule has 25 heavy (non-hydrogen) atoms. The molecule has 2 aromatic carbocycles. The molecule has 0 aliphatic rings. The largest absolute Gasteiger partial charge is 0.450 e. The fraction of sp³-hybridized carbons (Fsp3) is 0.0625. The summed E-state index contributed by atoms with van der Waals surface area (Å²) in [4.78, 5) is 3.14. The Balaban J connectivity index is 2.14. The highest BCUT2D eigenvalue weighted by atomic mass is 32.2. The minimum atomic E-state index is -3.95. The first-order valence-corrected chi connectivity index (χ1v) is 8.69. The van der Waals surface area contributed by atoms with Gasteiger partial charge in [0, 0.05) is 0 Å². The molecule has 3 rings (SSSR count). The number of diazo groups is 1. The summed E-state index contributed by atoms with van der Waals surface area (Å²) in [5, 5.41) is 13.4. The highest BCUT2D eigenvalue weighted by Crippen LogP contribution is 2.33. The summed E-state index contributed by atoms with van der Waals surface area (Å²) in [6, 6.07) is 13.2. The zero-order valence-corrected chi connectivity index (χ0v) is 13.9. The van der Waals surface area contributed by atoms with Crippen LogP contribution in [-0.4, -0.2) is 18.2 Å². The second kappa shape index (κ2) is 6.33. The molecule has 3 aromatic rings. The molecule has 0 spiro atoms. The van der Waals surface area contributed by atoms with E-state index in [1.165, 1.54) is 35.0 Å². The first-order chi connectivity index (χ1) is 11.9. The number of anilines is 1. The van der Waals surface area contributed by atoms with Gasteiger partial charge in [0.05, 0.1) is 10.6 Å². The van der Waals surface area contributed by atoms with Crippen molar-refractivity contribution in [3.63, 3.8) is 0 Å². The van der Waals surface area contributed by atoms with E-state index in [1.54, 1.807) is 31.2 Å². The number of hydrogen-bond acceptors (Lipinski definition) is 4. The van der Waals surface area contributed by atoms with E-state index in [9.17, 15) is 18.2 Å². The number of hydrogen-bond donors (Lipinski definition) is 1. The van der Waals surface area contributed by atoms with Crippen LogP contribution in [0.15, 0.2) is 59.5 Å². The van der Waals surface area contributed by atoms with Crippen LogP contribution in [0.25, 0.3) is 10.7 Å². The Morgan fingerprint density at radius 2 is 1.88 bits per heavy atom. The second-order valence-electron chi connectivity index (χ2n) is 5.19. The Bertz CT molecular complexity index is 1070. The van der Waals surface area contributed by atoms with Crippen LogP contribution < -0.4 is 4.72 Å². The smallest absolute Gasteiger partial charge is 0.256 e. The number of rotatable bonds is 4. The lowest BCUT2D eigenvalue weighted by Crippen LogP contribution is -2.16. The van der Waals surface area contributed by atoms with Crippen molar-refractivity contribution in [2.24, 2.45) is 0 Å². The van der Waals surface area contributed by atoms with Crippen LogP contribution in [0.3, 0.4) is 0 Å². The molecule has 0 radical (unpaired) electrons. The standard InChI is InChI=1S/C16H13FN5O2S/c1-11-15(19-18)16(21-25(23,24)14-8-3-2-4-9-14)22(20-11)13-7-5-6-12(17)10-13/h2-10,21H,1H3/q+1. The topological polar surface area (TPSA) is 92.1 Å². The third-order valence-electron chi connectivity index (χ3n) is 3.47. The van der Waals surface area contributed by atoms with E-state index in [0.29, 0.717) is 0 Å². The van der Waals surface area contributed by atoms with Gasteiger partial charge in [0.1, 0.15) is 5.82 Å². The van der Waals surface area contributed by atoms with Gasteiger partial charge in [-0.2, -0.15) is 5.10 Å². The van der Waals surface area contributed by atoms with Crippen molar-refractivity contribution in [3.05, 3.63) is 71.1 Å². The molecule has 0 fully saturated rings. The molecule has 0 aliphatic heterocycles. The van der Waals surface area contributed by atoms with Gasteiger partial charge in [-0.25, -0.2) is 17.5 Å². The van der Waals surface area contributed by atoms with Crippen molar-refractivity contribution in [2.75, 3.05) is 4.72 Å². The van der Waals surface area contributed by atoms with E-state index in [1.807, 2.05) is 0 Å². The summed E-state index contributed by atoms with van der Waals surface area (Å²) in [7, 11) is -3.95. The Labute approximate surface area is 143 Å². The van der Waals surface area contributed by atoms with Crippen molar-refractivity contribution < 1.29 is 12.8 Å². The molecule has 0 unspecified atom stereocenters. The van der Waals surface area contributed by atoms with E-state index in [0.717, 1.165) is 0 Å². The van der Waals surface area contributed by atoms with Crippen molar-refractivity contribution in [1.29, 1.82) is 5.39 Å². The Morgan fingerprint density at radius 3 is 2.52 bits per heavy atom. The van der Waals surface area contributed by atoms with E-state index in [4.69, 9.17) is 0 Å². The molecule has 0 saturated carbocycles. The van der Waals surface area contributed by atoms with Gasteiger partial charge >= 0.3 is 5.69 Å². The van der Waals surface area contributed by atoms with Gasteiger partial charge in [-0.15, -0.1) is 0 Å². The summed E-state index contributed by atoms with van der Waals surface area (Å²) in [6.45, 7) is 1.55. The molecule has 1 heterocycles. The molecule has 0 amide bonds. The number of aromatic nitrogens is 2. The lowest BCUT2D eigenvalue weighted by Gasteiger charge is -2.09. The first-order valence-electron chi connectivity index (χ1n) is 7.21. The zero-order valence-electron chi connectivity index (χ0n) is 13.1. The maximum atomic E-state index is 13.5. The van der Waals surface area contributed by atoms with E-state index in [-0.39, 0.29) is 27.8 Å². The van der Waals surface area contributed by atoms with Crippen molar-refractivity contribution in [3.8, 4) is 5.69 Å². The molecule has 0 atom stereocenters. The van der Waals surface area contributed by atoms with Gasteiger partial charge in [0.15, 0.2) is 10.7 Å². The first kappa shape index (κ1) is 16.6. The molecular weight excluding hydrogens is 345 g/mol. The van der Waals surface area contributed by atoms with Crippen LogP contribution in [0.1, 0.15) is 5.69 Å². The second-order valence-corrected chi connectivity index (χ2v) is 6.88. The average molecular weight is 358 g/mol. The van der Waals surface area contributed by atoms with Gasteiger partial charge in [-0.05, 0) is 37.3 Å². The molecule has 0 saturated heterocycles. The monoisotopic (exact) mass is 358 g/mol. The van der Waals surface area contributed by atoms with Crippen molar-refractivity contribution in [2.45, 2.75) is 11.8 Å². The minimum Gasteiger partial charge on any atom is -0.256 e. The van der Waals surface area contributed by atoms with E-state index < -0.39 is 15.8 Å². The normalized spacial score (nSPS) is 11.1. The zero-order chi connectivity index (χ0) is 18.0. The number of nitrogens with one attached hydrogen (secondary N) is 1. The Hall–Kier alpha value is -3.25. The van der Waals surface area contributed by atoms with Crippen LogP contribution in [0.4, 0.5) is 15.9 Å². The summed E-state index contributed by atoms with van der Waals surface area (Å²) >= 11 is 0. The fourth-order valence-corrected chi connectivity index (χ4v) is 3.38. The third kappa shape index (κ3) is 3.20. The molecule has 0 aliphatic carbocycles. The number of sulfonamides is 1. The predicted octanol–water partition coefficient (Wildman–Crippen LogP) is 3.61. The summed E-state index contributed by atoms with van der Waals surface area (Å²) < 4.78 is 42.2. The van der Waals surface area contributed by atoms with Gasteiger partial charge < -0.3 is 0 Å². The Morgan fingerprint density at radius 1 is 1.16 bits per heavy atom. The lowest BCUT2D eigenvalue weighted by atomic mass is 10.3. The van der Waals surface area contributed by atoms with Gasteiger partial charge in [0.25, 0.3) is 10.0 Å². The third-order valence-corrected chi connectivity index (χ3v) is 4.82. The number of benzene rings is 2. The quantitative estimate of drug-likeness (QED) is 0.721. The van der Waals surface area contributed by atoms with Crippen LogP contribution >= 0.6 is 0 Å². The van der Waals surface area contributed by atoms with Crippen LogP contribution in [0, 0.1) is 18.1 Å². The minimum absolute atomic E-state index is 0.0311. The van der Waals surface area contributed by atoms with E-state index in [2.05, 4.69) is 14.8 Å². The van der Waals surface area contributed by atoms with Crippen LogP contribution in [-0.2, 0) is 10.0 Å². The van der Waals surface area contributed by atoms with E-state index >= 15 is 0 Å². The lowest BCUT2D eigenvalue weighted by molar-refractivity contribution is 0.600. The number of halogens is 1. The highest BCUT2D eigenvalue weighted by Gasteiger charge is 2.30. The van der Waals surface area contributed by atoms with Gasteiger partial charge in [-0.1, -0.05) is 24.3 Å². The highest BCUT2D eigenvalue weighted by molar-refractivity contribution is 7.92. The predicted molar refractivity (Wildman–Crippen MR) is 90.3 cm³/mol. The maximum absolute atomic E-state index is 13.5. The molecule has 126 valence electrons. The fourth-order valence-electron chi connectivity index (χ4n) is 2.31. The number of aryl methyl sites for hydroxylation is 1. The van der Waals surface area contributed by atoms with Gasteiger partial charge in [0.2, 0.25) is 11.2 Å². The molecule has 0 bridgehead atoms. The number of nitrogens with zero attached hydrogens (tertiary/aromatic N) is 4. The summed E-state index contributed by atoms with van der Waals surface area (Å²) in [5.41, 5.74) is 0.505. The summed E-state index contributed by atoms with van der Waals surface area (Å²) in [6.07, 6.45) is 0.